The molecule has 0 spiro atoms. The Kier molecular flexibility index (Phi) is 7.90. The first kappa shape index (κ1) is 25.0. The SMILES string of the molecule is CN(C)C/C=C(\F)C(=O)Cc1cc2c(Nc3ccc(F)c(Cl)c3)ncnc2cc1O[C@H]1CCOC1. The van der Waals surface area contributed by atoms with Crippen molar-refractivity contribution >= 4 is 39.8 Å². The molecule has 1 aliphatic heterocycles. The molecule has 1 saturated heterocycles. The minimum absolute atomic E-state index is 0.0332. The number of nitrogens with one attached hydrogen (secondary N) is 1. The first-order valence-electron chi connectivity index (χ1n) is 11.1. The quantitative estimate of drug-likeness (QED) is 0.419. The van der Waals surface area contributed by atoms with E-state index in [9.17, 15) is 13.6 Å². The van der Waals surface area contributed by atoms with Crippen LogP contribution in [0.25, 0.3) is 10.9 Å². The fourth-order valence-electron chi connectivity index (χ4n) is 3.61. The van der Waals surface area contributed by atoms with Crippen LogP contribution in [0.3, 0.4) is 0 Å². The van der Waals surface area contributed by atoms with Crippen molar-refractivity contribution in [3.63, 3.8) is 0 Å². The Morgan fingerprint density at radius 1 is 1.31 bits per heavy atom. The molecule has 0 saturated carbocycles. The van der Waals surface area contributed by atoms with Crippen LogP contribution in [0.4, 0.5) is 20.3 Å². The van der Waals surface area contributed by atoms with Crippen LogP contribution in [0, 0.1) is 5.82 Å². The molecule has 4 rings (SSSR count). The van der Waals surface area contributed by atoms with Crippen LogP contribution in [-0.2, 0) is 16.0 Å². The second-order valence-corrected chi connectivity index (χ2v) is 8.88. The molecule has 10 heteroatoms. The molecule has 184 valence electrons. The molecule has 1 fully saturated rings. The summed E-state index contributed by atoms with van der Waals surface area (Å²) in [7, 11) is 3.58. The number of fused-ring (bicyclic) bond motifs is 1. The number of likely N-dealkylation sites (N-methyl/N-ethyl adjacent to an activating group) is 1. The highest BCUT2D eigenvalue weighted by molar-refractivity contribution is 6.31. The van der Waals surface area contributed by atoms with E-state index in [4.69, 9.17) is 21.1 Å². The number of rotatable bonds is 9. The summed E-state index contributed by atoms with van der Waals surface area (Å²) in [4.78, 5) is 23.0. The van der Waals surface area contributed by atoms with E-state index >= 15 is 0 Å². The second-order valence-electron chi connectivity index (χ2n) is 8.47. The molecule has 0 aliphatic carbocycles. The third-order valence-electron chi connectivity index (χ3n) is 5.43. The summed E-state index contributed by atoms with van der Waals surface area (Å²) < 4.78 is 39.5. The van der Waals surface area contributed by atoms with Gasteiger partial charge in [-0.05, 0) is 44.4 Å². The largest absolute Gasteiger partial charge is 0.488 e. The van der Waals surface area contributed by atoms with E-state index in [0.717, 1.165) is 0 Å². The topological polar surface area (TPSA) is 76.6 Å². The van der Waals surface area contributed by atoms with Crippen LogP contribution in [0.5, 0.6) is 5.75 Å². The fraction of sp³-hybridized carbons (Fsp3) is 0.320. The van der Waals surface area contributed by atoms with Gasteiger partial charge in [-0.3, -0.25) is 4.79 Å². The smallest absolute Gasteiger partial charge is 0.195 e. The first-order chi connectivity index (χ1) is 16.8. The molecule has 0 amide bonds. The van der Waals surface area contributed by atoms with Gasteiger partial charge in [0.1, 0.15) is 29.8 Å². The monoisotopic (exact) mass is 502 g/mol. The van der Waals surface area contributed by atoms with E-state index in [0.29, 0.717) is 59.9 Å². The van der Waals surface area contributed by atoms with E-state index in [1.54, 1.807) is 31.1 Å². The van der Waals surface area contributed by atoms with Gasteiger partial charge in [-0.2, -0.15) is 0 Å². The molecule has 1 N–H and O–H groups in total. The fourth-order valence-corrected chi connectivity index (χ4v) is 3.79. The van der Waals surface area contributed by atoms with Crippen LogP contribution < -0.4 is 10.1 Å². The van der Waals surface area contributed by atoms with Gasteiger partial charge in [0.15, 0.2) is 11.6 Å². The maximum atomic E-state index is 14.5. The van der Waals surface area contributed by atoms with Crippen molar-refractivity contribution in [2.45, 2.75) is 18.9 Å². The summed E-state index contributed by atoms with van der Waals surface area (Å²) in [5.74, 6) is -1.14. The minimum atomic E-state index is -0.808. The van der Waals surface area contributed by atoms with Crippen LogP contribution in [0.1, 0.15) is 12.0 Å². The highest BCUT2D eigenvalue weighted by atomic mass is 35.5. The van der Waals surface area contributed by atoms with Gasteiger partial charge in [0, 0.05) is 42.1 Å². The molecule has 7 nitrogen and oxygen atoms in total. The Labute approximate surface area is 206 Å². The van der Waals surface area contributed by atoms with Gasteiger partial charge in [-0.25, -0.2) is 18.7 Å². The average molecular weight is 503 g/mol. The molecule has 3 aromatic rings. The van der Waals surface area contributed by atoms with Crippen LogP contribution in [0.2, 0.25) is 5.02 Å². The molecular weight excluding hydrogens is 478 g/mol. The van der Waals surface area contributed by atoms with Crippen molar-refractivity contribution in [3.8, 4) is 5.75 Å². The predicted octanol–water partition coefficient (Wildman–Crippen LogP) is 4.86. The molecule has 0 unspecified atom stereocenters. The molecular formula is C25H25ClF2N4O3. The number of carbonyl (C=O) groups excluding carboxylic acids is 1. The zero-order valence-electron chi connectivity index (χ0n) is 19.4. The van der Waals surface area contributed by atoms with E-state index in [1.807, 2.05) is 0 Å². The van der Waals surface area contributed by atoms with Crippen molar-refractivity contribution in [2.24, 2.45) is 0 Å². The number of hydrogen-bond acceptors (Lipinski definition) is 7. The highest BCUT2D eigenvalue weighted by Gasteiger charge is 2.22. The zero-order chi connectivity index (χ0) is 24.9. The van der Waals surface area contributed by atoms with Crippen molar-refractivity contribution in [2.75, 3.05) is 39.2 Å². The zero-order valence-corrected chi connectivity index (χ0v) is 20.1. The van der Waals surface area contributed by atoms with Crippen LogP contribution in [-0.4, -0.2) is 60.6 Å². The summed E-state index contributed by atoms with van der Waals surface area (Å²) in [6, 6.07) is 7.64. The maximum Gasteiger partial charge on any atom is 0.195 e. The number of nitrogens with zero attached hydrogens (tertiary/aromatic N) is 3. The molecule has 0 bridgehead atoms. The molecule has 2 aromatic carbocycles. The van der Waals surface area contributed by atoms with E-state index in [-0.39, 0.29) is 17.5 Å². The predicted molar refractivity (Wildman–Crippen MR) is 131 cm³/mol. The van der Waals surface area contributed by atoms with Gasteiger partial charge < -0.3 is 19.7 Å². The summed E-state index contributed by atoms with van der Waals surface area (Å²) in [6.07, 6.45) is 2.97. The lowest BCUT2D eigenvalue weighted by atomic mass is 10.0. The summed E-state index contributed by atoms with van der Waals surface area (Å²) in [5.41, 5.74) is 1.58. The van der Waals surface area contributed by atoms with E-state index in [1.165, 1.54) is 30.6 Å². The Morgan fingerprint density at radius 2 is 2.14 bits per heavy atom. The van der Waals surface area contributed by atoms with Gasteiger partial charge >= 0.3 is 0 Å². The lowest BCUT2D eigenvalue weighted by molar-refractivity contribution is -0.116. The molecule has 2 heterocycles. The third-order valence-corrected chi connectivity index (χ3v) is 5.72. The molecule has 35 heavy (non-hydrogen) atoms. The number of halogens is 3. The lowest BCUT2D eigenvalue weighted by Gasteiger charge is -2.17. The van der Waals surface area contributed by atoms with Gasteiger partial charge in [-0.15, -0.1) is 0 Å². The Balaban J connectivity index is 1.70. The Hall–Kier alpha value is -3.14. The number of benzene rings is 2. The number of Topliss-reactive ketones (excluding diaryl/α,β-unsaturated/α-hetero) is 1. The van der Waals surface area contributed by atoms with Crippen molar-refractivity contribution < 1.29 is 23.0 Å². The molecule has 0 radical (unpaired) electrons. The summed E-state index contributed by atoms with van der Waals surface area (Å²) in [5, 5.41) is 3.66. The second kappa shape index (κ2) is 11.1. The van der Waals surface area contributed by atoms with Gasteiger partial charge in [0.25, 0.3) is 0 Å². The number of hydrogen-bond donors (Lipinski definition) is 1. The number of carbonyl (C=O) groups is 1. The van der Waals surface area contributed by atoms with E-state index in [2.05, 4.69) is 15.3 Å². The van der Waals surface area contributed by atoms with Gasteiger partial charge in [0.2, 0.25) is 0 Å². The first-order valence-corrected chi connectivity index (χ1v) is 11.5. The lowest BCUT2D eigenvalue weighted by Crippen LogP contribution is -2.18. The average Bonchev–Trinajstić information content (AvgIpc) is 3.33. The van der Waals surface area contributed by atoms with Crippen LogP contribution in [0.15, 0.2) is 48.6 Å². The van der Waals surface area contributed by atoms with Gasteiger partial charge in [-0.1, -0.05) is 11.6 Å². The number of anilines is 2. The van der Waals surface area contributed by atoms with Crippen molar-refractivity contribution in [1.29, 1.82) is 0 Å². The maximum absolute atomic E-state index is 14.5. The van der Waals surface area contributed by atoms with Crippen molar-refractivity contribution in [1.82, 2.24) is 14.9 Å². The molecule has 1 aliphatic rings. The van der Waals surface area contributed by atoms with Crippen LogP contribution >= 0.6 is 11.6 Å². The summed E-state index contributed by atoms with van der Waals surface area (Å²) >= 11 is 5.90. The number of allylic oxidation sites excluding steroid dienone is 1. The van der Waals surface area contributed by atoms with E-state index < -0.39 is 17.4 Å². The number of ether oxygens (including phenoxy) is 2. The normalized spacial score (nSPS) is 16.2. The summed E-state index contributed by atoms with van der Waals surface area (Å²) in [6.45, 7) is 1.33. The molecule has 1 aromatic heterocycles. The highest BCUT2D eigenvalue weighted by Crippen LogP contribution is 2.32. The molecule has 1 atom stereocenters. The number of ketones is 1. The van der Waals surface area contributed by atoms with Crippen molar-refractivity contribution in [3.05, 3.63) is 65.0 Å². The standard InChI is InChI=1S/C25H25ClF2N4O3/c1-32(2)7-5-21(28)23(33)10-15-9-18-22(12-24(15)35-17-6-8-34-13-17)29-14-30-25(18)31-16-3-4-20(27)19(26)11-16/h3-5,9,11-12,14,17H,6-8,10,13H2,1-2H3,(H,29,30,31)/b21-5-/t17-/m0/s1. The third kappa shape index (κ3) is 6.30. The Morgan fingerprint density at radius 3 is 2.86 bits per heavy atom. The van der Waals surface area contributed by atoms with Gasteiger partial charge in [0.05, 0.1) is 23.8 Å². The number of aromatic nitrogens is 2. The minimum Gasteiger partial charge on any atom is -0.488 e. The Bertz CT molecular complexity index is 1260.